The van der Waals surface area contributed by atoms with Gasteiger partial charge in [-0.3, -0.25) is 0 Å². The van der Waals surface area contributed by atoms with Crippen LogP contribution in [0.5, 0.6) is 17.2 Å². The van der Waals surface area contributed by atoms with E-state index in [1.807, 2.05) is 0 Å². The summed E-state index contributed by atoms with van der Waals surface area (Å²) in [7, 11) is 1.42. The molecule has 1 unspecified atom stereocenters. The van der Waals surface area contributed by atoms with Gasteiger partial charge in [0, 0.05) is 11.6 Å². The Morgan fingerprint density at radius 1 is 1.25 bits per heavy atom. The summed E-state index contributed by atoms with van der Waals surface area (Å²) in [6.45, 7) is 1.79. The molecule has 1 N–H and O–H groups in total. The van der Waals surface area contributed by atoms with Gasteiger partial charge in [0.2, 0.25) is 0 Å². The third-order valence-corrected chi connectivity index (χ3v) is 3.21. The maximum atomic E-state index is 13.4. The lowest BCUT2D eigenvalue weighted by Crippen LogP contribution is -2.06. The standard InChI is InChI=1S/C15H14ClFO3/c1-9(20-11-5-3-4-10(18)8-11)12-6-7-13(17)14(16)15(12)19-2/h3-9,18H,1-2H3. The van der Waals surface area contributed by atoms with E-state index < -0.39 is 11.9 Å². The summed E-state index contributed by atoms with van der Waals surface area (Å²) in [5.41, 5.74) is 0.627. The van der Waals surface area contributed by atoms with Gasteiger partial charge in [0.05, 0.1) is 7.11 Å². The molecule has 0 aliphatic carbocycles. The second kappa shape index (κ2) is 6.01. The van der Waals surface area contributed by atoms with Crippen molar-refractivity contribution in [1.29, 1.82) is 0 Å². The van der Waals surface area contributed by atoms with Crippen molar-refractivity contribution < 1.29 is 19.0 Å². The molecule has 0 aromatic heterocycles. The number of hydrogen-bond donors (Lipinski definition) is 1. The van der Waals surface area contributed by atoms with Gasteiger partial charge in [-0.05, 0) is 31.2 Å². The summed E-state index contributed by atoms with van der Waals surface area (Å²) < 4.78 is 24.2. The number of rotatable bonds is 4. The molecule has 1 atom stereocenters. The molecule has 2 aromatic carbocycles. The van der Waals surface area contributed by atoms with E-state index in [0.717, 1.165) is 0 Å². The van der Waals surface area contributed by atoms with Crippen LogP contribution in [0.2, 0.25) is 5.02 Å². The van der Waals surface area contributed by atoms with Gasteiger partial charge in [-0.25, -0.2) is 4.39 Å². The smallest absolute Gasteiger partial charge is 0.147 e. The van der Waals surface area contributed by atoms with Gasteiger partial charge in [0.25, 0.3) is 0 Å². The summed E-state index contributed by atoms with van der Waals surface area (Å²) in [6.07, 6.45) is -0.412. The Balaban J connectivity index is 2.29. The van der Waals surface area contributed by atoms with Gasteiger partial charge in [0.1, 0.15) is 34.2 Å². The second-order valence-corrected chi connectivity index (χ2v) is 4.62. The molecule has 0 saturated heterocycles. The van der Waals surface area contributed by atoms with Crippen LogP contribution in [-0.2, 0) is 0 Å². The number of ether oxygens (including phenoxy) is 2. The molecule has 0 amide bonds. The van der Waals surface area contributed by atoms with Crippen molar-refractivity contribution in [2.24, 2.45) is 0 Å². The first-order chi connectivity index (χ1) is 9.52. The van der Waals surface area contributed by atoms with Crippen molar-refractivity contribution in [3.63, 3.8) is 0 Å². The van der Waals surface area contributed by atoms with Gasteiger partial charge in [-0.15, -0.1) is 0 Å². The second-order valence-electron chi connectivity index (χ2n) is 4.24. The minimum Gasteiger partial charge on any atom is -0.508 e. The normalized spacial score (nSPS) is 12.0. The molecule has 0 spiro atoms. The van der Waals surface area contributed by atoms with Crippen molar-refractivity contribution in [3.05, 3.63) is 52.8 Å². The van der Waals surface area contributed by atoms with Crippen LogP contribution in [0.1, 0.15) is 18.6 Å². The first kappa shape index (κ1) is 14.5. The molecule has 0 radical (unpaired) electrons. The zero-order valence-corrected chi connectivity index (χ0v) is 11.8. The van der Waals surface area contributed by atoms with Crippen LogP contribution in [-0.4, -0.2) is 12.2 Å². The number of aromatic hydroxyl groups is 1. The fourth-order valence-corrected chi connectivity index (χ4v) is 2.15. The van der Waals surface area contributed by atoms with Gasteiger partial charge in [-0.1, -0.05) is 17.7 Å². The molecule has 0 aliphatic heterocycles. The summed E-state index contributed by atoms with van der Waals surface area (Å²) in [5, 5.41) is 9.33. The van der Waals surface area contributed by atoms with E-state index in [9.17, 15) is 9.50 Å². The van der Waals surface area contributed by atoms with E-state index >= 15 is 0 Å². The molecule has 20 heavy (non-hydrogen) atoms. The highest BCUT2D eigenvalue weighted by molar-refractivity contribution is 6.32. The molecule has 2 aromatic rings. The van der Waals surface area contributed by atoms with Crippen molar-refractivity contribution in [1.82, 2.24) is 0 Å². The monoisotopic (exact) mass is 296 g/mol. The van der Waals surface area contributed by atoms with Crippen LogP contribution in [0, 0.1) is 5.82 Å². The van der Waals surface area contributed by atoms with Gasteiger partial charge in [-0.2, -0.15) is 0 Å². The summed E-state index contributed by atoms with van der Waals surface area (Å²) >= 11 is 5.88. The molecule has 2 rings (SSSR count). The average molecular weight is 297 g/mol. The molecule has 0 bridgehead atoms. The summed E-state index contributed by atoms with van der Waals surface area (Å²) in [6, 6.07) is 9.26. The van der Waals surface area contributed by atoms with E-state index in [0.29, 0.717) is 11.3 Å². The largest absolute Gasteiger partial charge is 0.508 e. The van der Waals surface area contributed by atoms with Crippen LogP contribution < -0.4 is 9.47 Å². The zero-order valence-electron chi connectivity index (χ0n) is 11.1. The van der Waals surface area contributed by atoms with Crippen molar-refractivity contribution in [3.8, 4) is 17.2 Å². The number of phenolic OH excluding ortho intramolecular Hbond substituents is 1. The Hall–Kier alpha value is -1.94. The first-order valence-corrected chi connectivity index (χ1v) is 6.38. The Kier molecular flexibility index (Phi) is 4.35. The molecule has 3 nitrogen and oxygen atoms in total. The number of phenols is 1. The van der Waals surface area contributed by atoms with Gasteiger partial charge in [0.15, 0.2) is 0 Å². The van der Waals surface area contributed by atoms with Crippen LogP contribution in [0.4, 0.5) is 4.39 Å². The highest BCUT2D eigenvalue weighted by atomic mass is 35.5. The molecule has 5 heteroatoms. The van der Waals surface area contributed by atoms with Gasteiger partial charge < -0.3 is 14.6 Å². The topological polar surface area (TPSA) is 38.7 Å². The van der Waals surface area contributed by atoms with Crippen LogP contribution in [0.15, 0.2) is 36.4 Å². The Bertz CT molecular complexity index is 616. The molecule has 106 valence electrons. The molecule has 0 heterocycles. The van der Waals surface area contributed by atoms with Crippen molar-refractivity contribution in [2.45, 2.75) is 13.0 Å². The van der Waals surface area contributed by atoms with Gasteiger partial charge >= 0.3 is 0 Å². The number of methoxy groups -OCH3 is 1. The number of hydrogen-bond acceptors (Lipinski definition) is 3. The lowest BCUT2D eigenvalue weighted by atomic mass is 10.1. The highest BCUT2D eigenvalue weighted by Gasteiger charge is 2.18. The van der Waals surface area contributed by atoms with Crippen LogP contribution in [0.3, 0.4) is 0 Å². The van der Waals surface area contributed by atoms with Crippen LogP contribution >= 0.6 is 11.6 Å². The van der Waals surface area contributed by atoms with E-state index in [2.05, 4.69) is 0 Å². The highest BCUT2D eigenvalue weighted by Crippen LogP contribution is 2.36. The summed E-state index contributed by atoms with van der Waals surface area (Å²) in [5.74, 6) is 0.315. The predicted octanol–water partition coefficient (Wildman–Crippen LogP) is 4.33. The average Bonchev–Trinajstić information content (AvgIpc) is 2.41. The third-order valence-electron chi connectivity index (χ3n) is 2.85. The minimum atomic E-state index is -0.545. The minimum absolute atomic E-state index is 0.0728. The predicted molar refractivity (Wildman–Crippen MR) is 75.1 cm³/mol. The fourth-order valence-electron chi connectivity index (χ4n) is 1.90. The van der Waals surface area contributed by atoms with E-state index in [1.165, 1.54) is 19.2 Å². The van der Waals surface area contributed by atoms with E-state index in [1.54, 1.807) is 31.2 Å². The van der Waals surface area contributed by atoms with E-state index in [4.69, 9.17) is 21.1 Å². The first-order valence-electron chi connectivity index (χ1n) is 6.00. The maximum absolute atomic E-state index is 13.4. The lowest BCUT2D eigenvalue weighted by Gasteiger charge is -2.18. The SMILES string of the molecule is COc1c(C(C)Oc2cccc(O)c2)ccc(F)c1Cl. The fraction of sp³-hybridized carbons (Fsp3) is 0.200. The molecule has 0 saturated carbocycles. The Morgan fingerprint density at radius 2 is 2.00 bits per heavy atom. The Labute approximate surface area is 121 Å². The maximum Gasteiger partial charge on any atom is 0.147 e. The summed E-state index contributed by atoms with van der Waals surface area (Å²) in [4.78, 5) is 0. The third kappa shape index (κ3) is 2.96. The molecular weight excluding hydrogens is 283 g/mol. The molecule has 0 fully saturated rings. The Morgan fingerprint density at radius 3 is 2.65 bits per heavy atom. The van der Waals surface area contributed by atoms with Crippen molar-refractivity contribution >= 4 is 11.6 Å². The van der Waals surface area contributed by atoms with E-state index in [-0.39, 0.29) is 16.5 Å². The number of benzene rings is 2. The van der Waals surface area contributed by atoms with Crippen LogP contribution in [0.25, 0.3) is 0 Å². The number of halogens is 2. The molecule has 0 aliphatic rings. The molecular formula is C15H14ClFO3. The van der Waals surface area contributed by atoms with Crippen molar-refractivity contribution in [2.75, 3.05) is 7.11 Å². The quantitative estimate of drug-likeness (QED) is 0.912. The lowest BCUT2D eigenvalue weighted by molar-refractivity contribution is 0.220. The zero-order chi connectivity index (χ0) is 14.7.